The van der Waals surface area contributed by atoms with Crippen molar-refractivity contribution in [2.45, 2.75) is 13.5 Å². The average Bonchev–Trinajstić information content (AvgIpc) is 2.99. The van der Waals surface area contributed by atoms with Gasteiger partial charge in [-0.05, 0) is 24.6 Å². The molecule has 0 fully saturated rings. The van der Waals surface area contributed by atoms with Crippen LogP contribution >= 0.6 is 34.8 Å². The second kappa shape index (κ2) is 5.63. The van der Waals surface area contributed by atoms with Gasteiger partial charge in [-0.15, -0.1) is 5.10 Å². The van der Waals surface area contributed by atoms with Crippen LogP contribution in [0.4, 0.5) is 0 Å². The molecule has 0 atom stereocenters. The molecule has 0 aliphatic carbocycles. The molecule has 2 heterocycles. The fraction of sp³-hybridized carbons (Fsp3) is 0.167. The summed E-state index contributed by atoms with van der Waals surface area (Å²) >= 11 is 18.1. The summed E-state index contributed by atoms with van der Waals surface area (Å²) in [5, 5.41) is 16.0. The fourth-order valence-electron chi connectivity index (χ4n) is 1.91. The number of hydrogen-bond acceptors (Lipinski definition) is 4. The van der Waals surface area contributed by atoms with Crippen molar-refractivity contribution in [3.8, 4) is 11.5 Å². The van der Waals surface area contributed by atoms with Crippen molar-refractivity contribution in [1.82, 2.24) is 30.2 Å². The number of aromatic nitrogens is 6. The van der Waals surface area contributed by atoms with Gasteiger partial charge < -0.3 is 0 Å². The van der Waals surface area contributed by atoms with E-state index >= 15 is 0 Å². The molecule has 9 heteroatoms. The number of aromatic amines is 1. The molecule has 0 aliphatic rings. The van der Waals surface area contributed by atoms with E-state index in [0.29, 0.717) is 33.9 Å². The molecule has 0 bridgehead atoms. The lowest BCUT2D eigenvalue weighted by atomic mass is 10.2. The molecule has 3 rings (SSSR count). The predicted molar refractivity (Wildman–Crippen MR) is 80.7 cm³/mol. The van der Waals surface area contributed by atoms with Gasteiger partial charge in [0.25, 0.3) is 0 Å². The Balaban J connectivity index is 2.02. The zero-order valence-electron chi connectivity index (χ0n) is 10.8. The molecule has 2 aromatic heterocycles. The second-order valence-corrected chi connectivity index (χ2v) is 5.54. The zero-order valence-corrected chi connectivity index (χ0v) is 13.1. The first-order chi connectivity index (χ1) is 10.0. The van der Waals surface area contributed by atoms with Crippen LogP contribution in [-0.4, -0.2) is 30.2 Å². The van der Waals surface area contributed by atoms with Gasteiger partial charge in [0.1, 0.15) is 5.82 Å². The quantitative estimate of drug-likeness (QED) is 0.791. The van der Waals surface area contributed by atoms with Gasteiger partial charge >= 0.3 is 0 Å². The van der Waals surface area contributed by atoms with Crippen LogP contribution < -0.4 is 0 Å². The molecule has 0 amide bonds. The SMILES string of the molecule is Cc1nc(-c2n[nH]nc2Cl)n(Cc2ccc(Cl)cc2Cl)n1. The first-order valence-corrected chi connectivity index (χ1v) is 7.10. The molecule has 0 aliphatic heterocycles. The van der Waals surface area contributed by atoms with Gasteiger partial charge in [0.2, 0.25) is 0 Å². The van der Waals surface area contributed by atoms with E-state index in [4.69, 9.17) is 34.8 Å². The van der Waals surface area contributed by atoms with Crippen molar-refractivity contribution in [3.63, 3.8) is 0 Å². The summed E-state index contributed by atoms with van der Waals surface area (Å²) in [6.07, 6.45) is 0. The molecule has 6 nitrogen and oxygen atoms in total. The highest BCUT2D eigenvalue weighted by molar-refractivity contribution is 6.35. The van der Waals surface area contributed by atoms with E-state index in [1.54, 1.807) is 23.7 Å². The summed E-state index contributed by atoms with van der Waals surface area (Å²) in [6, 6.07) is 5.30. The van der Waals surface area contributed by atoms with Crippen molar-refractivity contribution >= 4 is 34.8 Å². The smallest absolute Gasteiger partial charge is 0.182 e. The molecule has 1 N–H and O–H groups in total. The Kier molecular flexibility index (Phi) is 3.84. The third kappa shape index (κ3) is 2.88. The lowest BCUT2D eigenvalue weighted by molar-refractivity contribution is 0.684. The minimum Gasteiger partial charge on any atom is -0.240 e. The first-order valence-electron chi connectivity index (χ1n) is 5.96. The van der Waals surface area contributed by atoms with Crippen molar-refractivity contribution in [1.29, 1.82) is 0 Å². The van der Waals surface area contributed by atoms with Gasteiger partial charge in [-0.25, -0.2) is 9.67 Å². The summed E-state index contributed by atoms with van der Waals surface area (Å²) in [5.41, 5.74) is 1.31. The van der Waals surface area contributed by atoms with E-state index in [1.165, 1.54) is 0 Å². The van der Waals surface area contributed by atoms with E-state index < -0.39 is 0 Å². The summed E-state index contributed by atoms with van der Waals surface area (Å²) < 4.78 is 1.67. The number of H-pyrrole nitrogens is 1. The molecule has 0 saturated carbocycles. The Hall–Kier alpha value is -1.63. The molecule has 3 aromatic rings. The zero-order chi connectivity index (χ0) is 15.0. The number of rotatable bonds is 3. The van der Waals surface area contributed by atoms with E-state index in [0.717, 1.165) is 5.56 Å². The topological polar surface area (TPSA) is 72.3 Å². The molecule has 0 unspecified atom stereocenters. The van der Waals surface area contributed by atoms with Crippen LogP contribution in [0.2, 0.25) is 15.2 Å². The van der Waals surface area contributed by atoms with Crippen molar-refractivity contribution < 1.29 is 0 Å². The van der Waals surface area contributed by atoms with E-state index in [9.17, 15) is 0 Å². The van der Waals surface area contributed by atoms with Gasteiger partial charge in [0.15, 0.2) is 16.7 Å². The van der Waals surface area contributed by atoms with E-state index in [1.807, 2.05) is 6.07 Å². The van der Waals surface area contributed by atoms with Crippen molar-refractivity contribution in [2.24, 2.45) is 0 Å². The van der Waals surface area contributed by atoms with Crippen LogP contribution in [0.3, 0.4) is 0 Å². The highest BCUT2D eigenvalue weighted by Gasteiger charge is 2.17. The summed E-state index contributed by atoms with van der Waals surface area (Å²) in [7, 11) is 0. The third-order valence-corrected chi connectivity index (χ3v) is 3.68. The van der Waals surface area contributed by atoms with Crippen LogP contribution in [0.1, 0.15) is 11.4 Å². The maximum absolute atomic E-state index is 6.19. The lowest BCUT2D eigenvalue weighted by Gasteiger charge is -2.07. The molecule has 0 spiro atoms. The second-order valence-electron chi connectivity index (χ2n) is 4.34. The lowest BCUT2D eigenvalue weighted by Crippen LogP contribution is -2.05. The molecular weight excluding hydrogens is 335 g/mol. The van der Waals surface area contributed by atoms with Gasteiger partial charge in [0.05, 0.1) is 6.54 Å². The molecule has 21 heavy (non-hydrogen) atoms. The highest BCUT2D eigenvalue weighted by Crippen LogP contribution is 2.25. The minimum atomic E-state index is 0.242. The minimum absolute atomic E-state index is 0.242. The predicted octanol–water partition coefficient (Wildman–Crippen LogP) is 3.38. The number of nitrogens with zero attached hydrogens (tertiary/aromatic N) is 5. The van der Waals surface area contributed by atoms with Crippen LogP contribution in [0.15, 0.2) is 18.2 Å². The van der Waals surface area contributed by atoms with Crippen LogP contribution in [0.25, 0.3) is 11.5 Å². The van der Waals surface area contributed by atoms with Crippen molar-refractivity contribution in [3.05, 3.63) is 44.8 Å². The van der Waals surface area contributed by atoms with Crippen molar-refractivity contribution in [2.75, 3.05) is 0 Å². The summed E-state index contributed by atoms with van der Waals surface area (Å²) in [5.74, 6) is 1.13. The Bertz CT molecular complexity index is 794. The van der Waals surface area contributed by atoms with Crippen LogP contribution in [0, 0.1) is 6.92 Å². The standard InChI is InChI=1S/C12H9Cl3N6/c1-6-16-12(10-11(15)18-20-17-10)21(19-6)5-7-2-3-8(13)4-9(7)14/h2-4H,5H2,1H3,(H,17,18,20). The number of hydrogen-bond donors (Lipinski definition) is 1. The van der Waals surface area contributed by atoms with E-state index in [-0.39, 0.29) is 5.15 Å². The number of nitrogens with one attached hydrogen (secondary N) is 1. The molecule has 108 valence electrons. The molecule has 0 saturated heterocycles. The monoisotopic (exact) mass is 342 g/mol. The Morgan fingerprint density at radius 3 is 2.67 bits per heavy atom. The summed E-state index contributed by atoms with van der Waals surface area (Å²) in [6.45, 7) is 2.22. The number of benzene rings is 1. The first kappa shape index (κ1) is 14.3. The van der Waals surface area contributed by atoms with Gasteiger partial charge in [-0.2, -0.15) is 15.4 Å². The van der Waals surface area contributed by atoms with Gasteiger partial charge in [-0.3, -0.25) is 0 Å². The van der Waals surface area contributed by atoms with Gasteiger partial charge in [0, 0.05) is 10.0 Å². The Morgan fingerprint density at radius 1 is 1.19 bits per heavy atom. The highest BCUT2D eigenvalue weighted by atomic mass is 35.5. The van der Waals surface area contributed by atoms with Crippen LogP contribution in [-0.2, 0) is 6.54 Å². The van der Waals surface area contributed by atoms with Crippen LogP contribution in [0.5, 0.6) is 0 Å². The fourth-order valence-corrected chi connectivity index (χ4v) is 2.55. The Labute approximate surface area is 135 Å². The average molecular weight is 344 g/mol. The number of aryl methyl sites for hydroxylation is 1. The maximum Gasteiger partial charge on any atom is 0.182 e. The normalized spacial score (nSPS) is 11.0. The largest absolute Gasteiger partial charge is 0.240 e. The Morgan fingerprint density at radius 2 is 2.00 bits per heavy atom. The molecular formula is C12H9Cl3N6. The summed E-state index contributed by atoms with van der Waals surface area (Å²) in [4.78, 5) is 4.33. The number of halogens is 3. The molecule has 1 aromatic carbocycles. The third-order valence-electron chi connectivity index (χ3n) is 2.83. The molecule has 0 radical (unpaired) electrons. The maximum atomic E-state index is 6.19. The van der Waals surface area contributed by atoms with E-state index in [2.05, 4.69) is 25.5 Å². The van der Waals surface area contributed by atoms with Gasteiger partial charge in [-0.1, -0.05) is 40.9 Å².